The van der Waals surface area contributed by atoms with Crippen molar-refractivity contribution in [2.45, 2.75) is 13.0 Å². The predicted octanol–water partition coefficient (Wildman–Crippen LogP) is 3.95. The van der Waals surface area contributed by atoms with Gasteiger partial charge in [-0.15, -0.1) is 0 Å². The van der Waals surface area contributed by atoms with Gasteiger partial charge in [-0.2, -0.15) is 0 Å². The molecule has 0 saturated carbocycles. The van der Waals surface area contributed by atoms with E-state index in [-0.39, 0.29) is 17.7 Å². The van der Waals surface area contributed by atoms with Gasteiger partial charge in [0.2, 0.25) is 0 Å². The predicted molar refractivity (Wildman–Crippen MR) is 98.2 cm³/mol. The molecule has 26 heavy (non-hydrogen) atoms. The third-order valence-corrected chi connectivity index (χ3v) is 4.21. The van der Waals surface area contributed by atoms with Crippen LogP contribution in [0, 0.1) is 0 Å². The summed E-state index contributed by atoms with van der Waals surface area (Å²) in [6, 6.07) is 12.5. The highest BCUT2D eigenvalue weighted by molar-refractivity contribution is 5.97. The summed E-state index contributed by atoms with van der Waals surface area (Å²) in [7, 11) is 4.72. The number of benzene rings is 2. The molecule has 0 spiro atoms. The number of furan rings is 1. The van der Waals surface area contributed by atoms with E-state index in [1.165, 1.54) is 0 Å². The fourth-order valence-electron chi connectivity index (χ4n) is 2.78. The Morgan fingerprint density at radius 1 is 0.962 bits per heavy atom. The molecule has 136 valence electrons. The smallest absolute Gasteiger partial charge is 0.287 e. The summed E-state index contributed by atoms with van der Waals surface area (Å²) in [5.74, 6) is 1.77. The zero-order valence-electron chi connectivity index (χ0n) is 15.2. The van der Waals surface area contributed by atoms with Crippen LogP contribution in [0.5, 0.6) is 17.2 Å². The number of nitrogens with one attached hydrogen (secondary N) is 1. The first-order chi connectivity index (χ1) is 12.6. The summed E-state index contributed by atoms with van der Waals surface area (Å²) < 4.78 is 21.5. The van der Waals surface area contributed by atoms with Crippen molar-refractivity contribution in [2.24, 2.45) is 0 Å². The Labute approximate surface area is 151 Å². The maximum atomic E-state index is 12.6. The van der Waals surface area contributed by atoms with Crippen LogP contribution in [-0.4, -0.2) is 27.2 Å². The van der Waals surface area contributed by atoms with E-state index in [1.807, 2.05) is 37.3 Å². The molecule has 6 nitrogen and oxygen atoms in total. The highest BCUT2D eigenvalue weighted by atomic mass is 16.5. The lowest BCUT2D eigenvalue weighted by atomic mass is 10.1. The summed E-state index contributed by atoms with van der Waals surface area (Å²) in [5.41, 5.74) is 1.45. The zero-order valence-corrected chi connectivity index (χ0v) is 15.2. The molecule has 2 aromatic carbocycles. The normalized spacial score (nSPS) is 11.8. The molecule has 1 atom stereocenters. The molecule has 0 unspecified atom stereocenters. The van der Waals surface area contributed by atoms with E-state index in [4.69, 9.17) is 18.6 Å². The van der Waals surface area contributed by atoms with Gasteiger partial charge in [-0.25, -0.2) is 0 Å². The Hall–Kier alpha value is -3.15. The molecule has 1 N–H and O–H groups in total. The van der Waals surface area contributed by atoms with Gasteiger partial charge in [-0.1, -0.05) is 18.2 Å². The Morgan fingerprint density at radius 3 is 2.38 bits per heavy atom. The van der Waals surface area contributed by atoms with Crippen molar-refractivity contribution in [3.63, 3.8) is 0 Å². The Balaban J connectivity index is 1.81. The Bertz CT molecular complexity index is 931. The standard InChI is InChI=1S/C20H21NO5/c1-12(13-8-9-15(23-2)17(10-13)25-4)21-20(22)18-11-14-6-5-7-16(24-3)19(14)26-18/h5-12H,1-4H3,(H,21,22)/t12-/m1/s1. The summed E-state index contributed by atoms with van der Waals surface area (Å²) in [5, 5.41) is 3.74. The minimum Gasteiger partial charge on any atom is -0.493 e. The maximum Gasteiger partial charge on any atom is 0.287 e. The molecule has 0 aliphatic rings. The van der Waals surface area contributed by atoms with E-state index in [2.05, 4.69) is 5.32 Å². The third kappa shape index (κ3) is 3.31. The Kier molecular flexibility index (Phi) is 5.02. The van der Waals surface area contributed by atoms with Crippen LogP contribution in [0.3, 0.4) is 0 Å². The van der Waals surface area contributed by atoms with Crippen molar-refractivity contribution in [2.75, 3.05) is 21.3 Å². The summed E-state index contributed by atoms with van der Waals surface area (Å²) in [6.45, 7) is 1.89. The second-order valence-electron chi connectivity index (χ2n) is 5.80. The van der Waals surface area contributed by atoms with E-state index in [9.17, 15) is 4.79 Å². The van der Waals surface area contributed by atoms with Gasteiger partial charge in [0.25, 0.3) is 5.91 Å². The lowest BCUT2D eigenvalue weighted by Crippen LogP contribution is -2.26. The first-order valence-electron chi connectivity index (χ1n) is 8.16. The molecule has 0 aliphatic heterocycles. The maximum absolute atomic E-state index is 12.6. The lowest BCUT2D eigenvalue weighted by molar-refractivity contribution is 0.0914. The highest BCUT2D eigenvalue weighted by Gasteiger charge is 2.18. The molecule has 1 aromatic heterocycles. The molecule has 0 fully saturated rings. The molecule has 3 aromatic rings. The van der Waals surface area contributed by atoms with E-state index < -0.39 is 0 Å². The van der Waals surface area contributed by atoms with Crippen LogP contribution in [0.2, 0.25) is 0 Å². The average Bonchev–Trinajstić information content (AvgIpc) is 3.11. The van der Waals surface area contributed by atoms with Crippen molar-refractivity contribution in [1.82, 2.24) is 5.32 Å². The largest absolute Gasteiger partial charge is 0.493 e. The summed E-state index contributed by atoms with van der Waals surface area (Å²) in [6.07, 6.45) is 0. The number of para-hydroxylation sites is 1. The summed E-state index contributed by atoms with van der Waals surface area (Å²) in [4.78, 5) is 12.6. The fourth-order valence-corrected chi connectivity index (χ4v) is 2.78. The molecule has 6 heteroatoms. The first kappa shape index (κ1) is 17.7. The van der Waals surface area contributed by atoms with E-state index in [1.54, 1.807) is 33.5 Å². The van der Waals surface area contributed by atoms with Gasteiger partial charge >= 0.3 is 0 Å². The minimum absolute atomic E-state index is 0.233. The van der Waals surface area contributed by atoms with Gasteiger partial charge in [0.05, 0.1) is 27.4 Å². The lowest BCUT2D eigenvalue weighted by Gasteiger charge is -2.16. The van der Waals surface area contributed by atoms with Crippen molar-refractivity contribution < 1.29 is 23.4 Å². The van der Waals surface area contributed by atoms with Gasteiger partial charge < -0.3 is 23.9 Å². The number of hydrogen-bond donors (Lipinski definition) is 1. The average molecular weight is 355 g/mol. The fraction of sp³-hybridized carbons (Fsp3) is 0.250. The quantitative estimate of drug-likeness (QED) is 0.725. The number of fused-ring (bicyclic) bond motifs is 1. The van der Waals surface area contributed by atoms with E-state index in [0.717, 1.165) is 10.9 Å². The van der Waals surface area contributed by atoms with Gasteiger partial charge in [-0.3, -0.25) is 4.79 Å². The number of methoxy groups -OCH3 is 3. The molecule has 0 saturated heterocycles. The second kappa shape index (κ2) is 7.39. The van der Waals surface area contributed by atoms with Gasteiger partial charge in [0.1, 0.15) is 0 Å². The molecule has 1 heterocycles. The number of amides is 1. The van der Waals surface area contributed by atoms with Crippen LogP contribution < -0.4 is 19.5 Å². The van der Waals surface area contributed by atoms with Crippen molar-refractivity contribution >= 4 is 16.9 Å². The van der Waals surface area contributed by atoms with Gasteiger partial charge in [0.15, 0.2) is 28.6 Å². The number of rotatable bonds is 6. The van der Waals surface area contributed by atoms with Crippen LogP contribution in [0.4, 0.5) is 0 Å². The topological polar surface area (TPSA) is 69.9 Å². The van der Waals surface area contributed by atoms with Crippen molar-refractivity contribution in [3.8, 4) is 17.2 Å². The number of carbonyl (C=O) groups is 1. The van der Waals surface area contributed by atoms with Crippen molar-refractivity contribution in [3.05, 3.63) is 53.8 Å². The molecular weight excluding hydrogens is 334 g/mol. The van der Waals surface area contributed by atoms with Gasteiger partial charge in [-0.05, 0) is 36.8 Å². The van der Waals surface area contributed by atoms with Crippen LogP contribution in [0.15, 0.2) is 46.9 Å². The molecule has 1 amide bonds. The SMILES string of the molecule is COc1ccc([C@@H](C)NC(=O)c2cc3cccc(OC)c3o2)cc1OC. The zero-order chi connectivity index (χ0) is 18.7. The number of carbonyl (C=O) groups excluding carboxylic acids is 1. The van der Waals surface area contributed by atoms with Crippen molar-refractivity contribution in [1.29, 1.82) is 0 Å². The molecular formula is C20H21NO5. The first-order valence-corrected chi connectivity index (χ1v) is 8.16. The Morgan fingerprint density at radius 2 is 1.69 bits per heavy atom. The number of hydrogen-bond acceptors (Lipinski definition) is 5. The minimum atomic E-state index is -0.300. The molecule has 3 rings (SSSR count). The van der Waals surface area contributed by atoms with Crippen LogP contribution in [-0.2, 0) is 0 Å². The molecule has 0 radical (unpaired) electrons. The van der Waals surface area contributed by atoms with Gasteiger partial charge in [0, 0.05) is 5.39 Å². The van der Waals surface area contributed by atoms with Crippen LogP contribution >= 0.6 is 0 Å². The summed E-state index contributed by atoms with van der Waals surface area (Å²) >= 11 is 0. The number of ether oxygens (including phenoxy) is 3. The highest BCUT2D eigenvalue weighted by Crippen LogP contribution is 2.31. The van der Waals surface area contributed by atoms with E-state index >= 15 is 0 Å². The molecule has 0 aliphatic carbocycles. The third-order valence-electron chi connectivity index (χ3n) is 4.21. The van der Waals surface area contributed by atoms with Crippen LogP contribution in [0.25, 0.3) is 11.0 Å². The molecule has 0 bridgehead atoms. The van der Waals surface area contributed by atoms with Crippen LogP contribution in [0.1, 0.15) is 29.1 Å². The second-order valence-corrected chi connectivity index (χ2v) is 5.80. The monoisotopic (exact) mass is 355 g/mol. The van der Waals surface area contributed by atoms with E-state index in [0.29, 0.717) is 22.8 Å².